The highest BCUT2D eigenvalue weighted by molar-refractivity contribution is 5.81. The SMILES string of the molecule is O=C(NCc1ccc(F)cc1)C1CN(c2cc(-n3cccn3)ncn2)C1. The Bertz CT molecular complexity index is 890. The van der Waals surface area contributed by atoms with Gasteiger partial charge in [0.05, 0.1) is 5.92 Å². The van der Waals surface area contributed by atoms with Gasteiger partial charge in [0.15, 0.2) is 5.82 Å². The maximum Gasteiger partial charge on any atom is 0.226 e. The minimum absolute atomic E-state index is 0.00747. The van der Waals surface area contributed by atoms with Crippen molar-refractivity contribution in [1.29, 1.82) is 0 Å². The fourth-order valence-electron chi connectivity index (χ4n) is 2.81. The van der Waals surface area contributed by atoms with Gasteiger partial charge in [0.25, 0.3) is 0 Å². The van der Waals surface area contributed by atoms with Crippen molar-refractivity contribution in [3.8, 4) is 5.82 Å². The molecule has 3 aromatic rings. The van der Waals surface area contributed by atoms with Crippen molar-refractivity contribution >= 4 is 11.7 Å². The number of halogens is 1. The van der Waals surface area contributed by atoms with Gasteiger partial charge in [0.2, 0.25) is 5.91 Å². The number of carbonyl (C=O) groups is 1. The van der Waals surface area contributed by atoms with Crippen LogP contribution >= 0.6 is 0 Å². The summed E-state index contributed by atoms with van der Waals surface area (Å²) in [5.74, 6) is 1.08. The molecule has 26 heavy (non-hydrogen) atoms. The predicted molar refractivity (Wildman–Crippen MR) is 93.1 cm³/mol. The summed E-state index contributed by atoms with van der Waals surface area (Å²) in [4.78, 5) is 22.7. The molecule has 0 atom stereocenters. The first-order valence-electron chi connectivity index (χ1n) is 8.28. The number of hydrogen-bond acceptors (Lipinski definition) is 5. The summed E-state index contributed by atoms with van der Waals surface area (Å²) in [6, 6.07) is 9.78. The highest BCUT2D eigenvalue weighted by Crippen LogP contribution is 2.23. The lowest BCUT2D eigenvalue weighted by Crippen LogP contribution is -2.54. The molecule has 2 aromatic heterocycles. The predicted octanol–water partition coefficient (Wildman–Crippen LogP) is 1.55. The number of benzene rings is 1. The lowest BCUT2D eigenvalue weighted by Gasteiger charge is -2.39. The van der Waals surface area contributed by atoms with Crippen LogP contribution in [0.15, 0.2) is 55.1 Å². The molecule has 0 bridgehead atoms. The second-order valence-electron chi connectivity index (χ2n) is 6.13. The van der Waals surface area contributed by atoms with Gasteiger partial charge in [0, 0.05) is 38.1 Å². The maximum atomic E-state index is 12.9. The van der Waals surface area contributed by atoms with Gasteiger partial charge in [-0.1, -0.05) is 12.1 Å². The zero-order chi connectivity index (χ0) is 17.9. The third-order valence-electron chi connectivity index (χ3n) is 4.33. The minimum atomic E-state index is -0.283. The van der Waals surface area contributed by atoms with Gasteiger partial charge in [0.1, 0.15) is 18.0 Å². The van der Waals surface area contributed by atoms with Crippen molar-refractivity contribution in [2.75, 3.05) is 18.0 Å². The minimum Gasteiger partial charge on any atom is -0.355 e. The average molecular weight is 352 g/mol. The van der Waals surface area contributed by atoms with Crippen molar-refractivity contribution < 1.29 is 9.18 Å². The van der Waals surface area contributed by atoms with Gasteiger partial charge in [-0.25, -0.2) is 19.0 Å². The molecule has 4 rings (SSSR count). The lowest BCUT2D eigenvalue weighted by molar-refractivity contribution is -0.125. The van der Waals surface area contributed by atoms with Crippen LogP contribution < -0.4 is 10.2 Å². The second-order valence-corrected chi connectivity index (χ2v) is 6.13. The van der Waals surface area contributed by atoms with E-state index in [2.05, 4.69) is 20.4 Å². The molecule has 0 saturated carbocycles. The first-order valence-corrected chi connectivity index (χ1v) is 8.28. The van der Waals surface area contributed by atoms with Crippen molar-refractivity contribution in [3.63, 3.8) is 0 Å². The van der Waals surface area contributed by atoms with Crippen molar-refractivity contribution in [1.82, 2.24) is 25.1 Å². The molecule has 1 N–H and O–H groups in total. The molecule has 0 spiro atoms. The van der Waals surface area contributed by atoms with E-state index >= 15 is 0 Å². The monoisotopic (exact) mass is 352 g/mol. The third kappa shape index (κ3) is 3.39. The Labute approximate surface area is 149 Å². The molecule has 0 unspecified atom stereocenters. The van der Waals surface area contributed by atoms with Gasteiger partial charge >= 0.3 is 0 Å². The van der Waals surface area contributed by atoms with E-state index in [-0.39, 0.29) is 17.6 Å². The van der Waals surface area contributed by atoms with E-state index in [0.29, 0.717) is 25.5 Å². The molecule has 1 aliphatic heterocycles. The number of rotatable bonds is 5. The molecule has 8 heteroatoms. The highest BCUT2D eigenvalue weighted by atomic mass is 19.1. The van der Waals surface area contributed by atoms with Gasteiger partial charge in [-0.05, 0) is 23.8 Å². The second kappa shape index (κ2) is 6.91. The Hall–Kier alpha value is -3.29. The van der Waals surface area contributed by atoms with E-state index in [9.17, 15) is 9.18 Å². The Morgan fingerprint density at radius 2 is 1.96 bits per heavy atom. The first kappa shape index (κ1) is 16.2. The van der Waals surface area contributed by atoms with Crippen LogP contribution in [0.25, 0.3) is 5.82 Å². The fourth-order valence-corrected chi connectivity index (χ4v) is 2.81. The van der Waals surface area contributed by atoms with Crippen LogP contribution in [0.3, 0.4) is 0 Å². The number of amides is 1. The Morgan fingerprint density at radius 1 is 1.19 bits per heavy atom. The summed E-state index contributed by atoms with van der Waals surface area (Å²) in [5.41, 5.74) is 0.871. The summed E-state index contributed by atoms with van der Waals surface area (Å²) in [6.45, 7) is 1.60. The van der Waals surface area contributed by atoms with Crippen LogP contribution in [0.2, 0.25) is 0 Å². The quantitative estimate of drug-likeness (QED) is 0.754. The number of nitrogens with zero attached hydrogens (tertiary/aromatic N) is 5. The topological polar surface area (TPSA) is 75.9 Å². The van der Waals surface area contributed by atoms with Crippen LogP contribution in [0.5, 0.6) is 0 Å². The molecule has 1 amide bonds. The average Bonchev–Trinajstić information content (AvgIpc) is 3.15. The fraction of sp³-hybridized carbons (Fsp3) is 0.222. The molecule has 132 valence electrons. The van der Waals surface area contributed by atoms with E-state index in [0.717, 1.165) is 11.4 Å². The van der Waals surface area contributed by atoms with Crippen molar-refractivity contribution in [3.05, 3.63) is 66.5 Å². The number of anilines is 1. The summed E-state index contributed by atoms with van der Waals surface area (Å²) >= 11 is 0. The highest BCUT2D eigenvalue weighted by Gasteiger charge is 2.33. The molecule has 3 heterocycles. The van der Waals surface area contributed by atoms with Crippen LogP contribution in [0.4, 0.5) is 10.2 Å². The van der Waals surface area contributed by atoms with E-state index in [1.54, 1.807) is 23.0 Å². The van der Waals surface area contributed by atoms with Gasteiger partial charge in [-0.3, -0.25) is 4.79 Å². The van der Waals surface area contributed by atoms with E-state index < -0.39 is 0 Å². The number of carbonyl (C=O) groups excluding carboxylic acids is 1. The number of aromatic nitrogens is 4. The molecular weight excluding hydrogens is 335 g/mol. The number of hydrogen-bond donors (Lipinski definition) is 1. The van der Waals surface area contributed by atoms with Crippen LogP contribution in [-0.4, -0.2) is 38.7 Å². The van der Waals surface area contributed by atoms with Gasteiger partial charge < -0.3 is 10.2 Å². The van der Waals surface area contributed by atoms with Crippen LogP contribution in [0, 0.1) is 11.7 Å². The molecule has 1 aliphatic rings. The summed E-state index contributed by atoms with van der Waals surface area (Å²) in [7, 11) is 0. The molecule has 7 nitrogen and oxygen atoms in total. The van der Waals surface area contributed by atoms with Crippen molar-refractivity contribution in [2.45, 2.75) is 6.54 Å². The molecule has 1 saturated heterocycles. The van der Waals surface area contributed by atoms with Gasteiger partial charge in [-0.2, -0.15) is 5.10 Å². The molecule has 0 aliphatic carbocycles. The Morgan fingerprint density at radius 3 is 2.69 bits per heavy atom. The molecule has 1 fully saturated rings. The molecular formula is C18H17FN6O. The maximum absolute atomic E-state index is 12.9. The van der Waals surface area contributed by atoms with Gasteiger partial charge in [-0.15, -0.1) is 0 Å². The summed E-state index contributed by atoms with van der Waals surface area (Å²) in [5, 5.41) is 7.04. The first-order chi connectivity index (χ1) is 12.7. The lowest BCUT2D eigenvalue weighted by atomic mass is 9.99. The molecule has 1 aromatic carbocycles. The van der Waals surface area contributed by atoms with E-state index in [4.69, 9.17) is 0 Å². The van der Waals surface area contributed by atoms with Crippen molar-refractivity contribution in [2.24, 2.45) is 5.92 Å². The zero-order valence-corrected chi connectivity index (χ0v) is 13.9. The Balaban J connectivity index is 1.31. The summed E-state index contributed by atoms with van der Waals surface area (Å²) in [6.07, 6.45) is 5.00. The van der Waals surface area contributed by atoms with E-state index in [1.807, 2.05) is 23.2 Å². The zero-order valence-electron chi connectivity index (χ0n) is 13.9. The molecule has 0 radical (unpaired) electrons. The van der Waals surface area contributed by atoms with Crippen LogP contribution in [-0.2, 0) is 11.3 Å². The normalized spacial score (nSPS) is 14.1. The number of nitrogens with one attached hydrogen (secondary N) is 1. The smallest absolute Gasteiger partial charge is 0.226 e. The van der Waals surface area contributed by atoms with E-state index in [1.165, 1.54) is 18.5 Å². The third-order valence-corrected chi connectivity index (χ3v) is 4.33. The Kier molecular flexibility index (Phi) is 4.30. The van der Waals surface area contributed by atoms with Crippen LogP contribution in [0.1, 0.15) is 5.56 Å². The summed E-state index contributed by atoms with van der Waals surface area (Å²) < 4.78 is 14.6. The largest absolute Gasteiger partial charge is 0.355 e. The standard InChI is InChI=1S/C18H17FN6O/c19-15-4-2-13(3-5-15)9-20-18(26)14-10-24(11-14)16-8-17(22-12-21-16)25-7-1-6-23-25/h1-8,12,14H,9-11H2,(H,20,26).